The molecule has 1 aromatic heterocycles. The van der Waals surface area contributed by atoms with E-state index in [1.54, 1.807) is 16.7 Å². The predicted molar refractivity (Wildman–Crippen MR) is 155 cm³/mol. The van der Waals surface area contributed by atoms with Crippen LogP contribution in [0, 0.1) is 13.8 Å². The molecule has 6 nitrogen and oxygen atoms in total. The van der Waals surface area contributed by atoms with Crippen LogP contribution in [0.25, 0.3) is 28.0 Å². The Morgan fingerprint density at radius 3 is 2.19 bits per heavy atom. The Labute approximate surface area is 220 Å². The lowest BCUT2D eigenvalue weighted by Gasteiger charge is -2.36. The molecule has 194 valence electrons. The molecule has 7 heteroatoms. The maximum atomic E-state index is 13.6. The fourth-order valence-electron chi connectivity index (χ4n) is 4.15. The standard InChI is InChI=1S/C30H37N3O3Si/c1-20-18-22(19-21(2)27(20)35-16-17-36-37(6,7)30(3,4)5)28-32-26-11-9-8-10-25(26)29(34)33(28)24-14-12-23(31)13-15-24/h8-15,18-19H,16-17,31H2,1-7H3. The topological polar surface area (TPSA) is 79.4 Å². The molecule has 0 spiro atoms. The van der Waals surface area contributed by atoms with Crippen molar-refractivity contribution in [2.24, 2.45) is 0 Å². The largest absolute Gasteiger partial charge is 0.491 e. The van der Waals surface area contributed by atoms with E-state index in [-0.39, 0.29) is 10.6 Å². The van der Waals surface area contributed by atoms with Crippen molar-refractivity contribution in [1.82, 2.24) is 9.55 Å². The van der Waals surface area contributed by atoms with Crippen molar-refractivity contribution in [3.63, 3.8) is 0 Å². The van der Waals surface area contributed by atoms with E-state index in [0.717, 1.165) is 22.4 Å². The quantitative estimate of drug-likeness (QED) is 0.169. The molecule has 3 aromatic carbocycles. The van der Waals surface area contributed by atoms with Gasteiger partial charge < -0.3 is 14.9 Å². The average Bonchev–Trinajstić information content (AvgIpc) is 2.83. The van der Waals surface area contributed by atoms with Crippen LogP contribution >= 0.6 is 0 Å². The van der Waals surface area contributed by atoms with Gasteiger partial charge >= 0.3 is 0 Å². The number of aryl methyl sites for hydroxylation is 2. The second-order valence-corrected chi connectivity index (χ2v) is 15.9. The molecule has 37 heavy (non-hydrogen) atoms. The number of fused-ring (bicyclic) bond motifs is 1. The van der Waals surface area contributed by atoms with E-state index in [2.05, 4.69) is 33.9 Å². The molecule has 0 atom stereocenters. The summed E-state index contributed by atoms with van der Waals surface area (Å²) in [4.78, 5) is 18.5. The van der Waals surface area contributed by atoms with Gasteiger partial charge in [-0.3, -0.25) is 9.36 Å². The van der Waals surface area contributed by atoms with Gasteiger partial charge in [0.15, 0.2) is 8.32 Å². The van der Waals surface area contributed by atoms with Gasteiger partial charge in [-0.25, -0.2) is 4.98 Å². The summed E-state index contributed by atoms with van der Waals surface area (Å²) in [5.74, 6) is 1.41. The summed E-state index contributed by atoms with van der Waals surface area (Å²) < 4.78 is 14.1. The van der Waals surface area contributed by atoms with E-state index in [1.807, 2.05) is 62.4 Å². The van der Waals surface area contributed by atoms with Crippen molar-refractivity contribution in [1.29, 1.82) is 0 Å². The van der Waals surface area contributed by atoms with Crippen LogP contribution in [0.4, 0.5) is 5.69 Å². The summed E-state index contributed by atoms with van der Waals surface area (Å²) in [7, 11) is -1.82. The Kier molecular flexibility index (Phi) is 7.30. The highest BCUT2D eigenvalue weighted by Gasteiger charge is 2.36. The molecule has 0 aliphatic heterocycles. The van der Waals surface area contributed by atoms with Crippen LogP contribution in [-0.2, 0) is 4.43 Å². The van der Waals surface area contributed by atoms with Crippen molar-refractivity contribution in [3.05, 3.63) is 82.1 Å². The number of benzene rings is 3. The zero-order valence-electron chi connectivity index (χ0n) is 22.9. The summed E-state index contributed by atoms with van der Waals surface area (Å²) in [5, 5.41) is 0.728. The molecule has 0 saturated heterocycles. The lowest BCUT2D eigenvalue weighted by Crippen LogP contribution is -2.41. The summed E-state index contributed by atoms with van der Waals surface area (Å²) in [6.45, 7) is 16.3. The molecule has 0 saturated carbocycles. The van der Waals surface area contributed by atoms with Gasteiger partial charge in [0, 0.05) is 11.3 Å². The van der Waals surface area contributed by atoms with Crippen LogP contribution in [0.1, 0.15) is 31.9 Å². The number of nitrogen functional groups attached to an aromatic ring is 1. The third-order valence-electron chi connectivity index (χ3n) is 7.24. The first-order valence-electron chi connectivity index (χ1n) is 12.6. The van der Waals surface area contributed by atoms with Crippen LogP contribution in [-0.4, -0.2) is 31.1 Å². The monoisotopic (exact) mass is 515 g/mol. The number of hydrogen-bond acceptors (Lipinski definition) is 5. The number of nitrogens with zero attached hydrogens (tertiary/aromatic N) is 2. The van der Waals surface area contributed by atoms with Crippen LogP contribution in [0.3, 0.4) is 0 Å². The van der Waals surface area contributed by atoms with E-state index in [1.165, 1.54) is 0 Å². The van der Waals surface area contributed by atoms with Crippen molar-refractivity contribution in [3.8, 4) is 22.8 Å². The highest BCUT2D eigenvalue weighted by atomic mass is 28.4. The molecule has 0 fully saturated rings. The molecule has 0 unspecified atom stereocenters. The Morgan fingerprint density at radius 2 is 1.57 bits per heavy atom. The highest BCUT2D eigenvalue weighted by molar-refractivity contribution is 6.74. The molecule has 4 rings (SSSR count). The van der Waals surface area contributed by atoms with Crippen LogP contribution < -0.4 is 16.0 Å². The average molecular weight is 516 g/mol. The second-order valence-electron chi connectivity index (χ2n) is 11.1. The Morgan fingerprint density at radius 1 is 0.946 bits per heavy atom. The zero-order valence-corrected chi connectivity index (χ0v) is 23.9. The van der Waals surface area contributed by atoms with Crippen molar-refractivity contribution >= 4 is 24.9 Å². The molecule has 0 radical (unpaired) electrons. The number of para-hydroxylation sites is 1. The van der Waals surface area contributed by atoms with E-state index in [0.29, 0.717) is 41.3 Å². The summed E-state index contributed by atoms with van der Waals surface area (Å²) in [6.07, 6.45) is 0. The van der Waals surface area contributed by atoms with Crippen molar-refractivity contribution < 1.29 is 9.16 Å². The maximum Gasteiger partial charge on any atom is 0.266 e. The third kappa shape index (κ3) is 5.48. The minimum absolute atomic E-state index is 0.121. The molecule has 0 aliphatic rings. The first-order chi connectivity index (χ1) is 17.4. The van der Waals surface area contributed by atoms with Gasteiger partial charge in [0.2, 0.25) is 0 Å². The summed E-state index contributed by atoms with van der Waals surface area (Å²) in [6, 6.07) is 18.8. The first kappa shape index (κ1) is 26.6. The minimum Gasteiger partial charge on any atom is -0.491 e. The SMILES string of the molecule is Cc1cc(-c2nc3ccccc3c(=O)n2-c2ccc(N)cc2)cc(C)c1OCCO[Si](C)(C)C(C)(C)C. The zero-order chi connectivity index (χ0) is 27.0. The number of anilines is 1. The molecule has 1 heterocycles. The van der Waals surface area contributed by atoms with Crippen LogP contribution in [0.2, 0.25) is 18.1 Å². The Balaban J connectivity index is 1.70. The van der Waals surface area contributed by atoms with Gasteiger partial charge in [-0.1, -0.05) is 32.9 Å². The lowest BCUT2D eigenvalue weighted by molar-refractivity contribution is 0.202. The molecule has 0 aliphatic carbocycles. The van der Waals surface area contributed by atoms with E-state index in [9.17, 15) is 4.79 Å². The van der Waals surface area contributed by atoms with E-state index in [4.69, 9.17) is 19.9 Å². The van der Waals surface area contributed by atoms with Crippen molar-refractivity contribution in [2.45, 2.75) is 52.8 Å². The fraction of sp³-hybridized carbons (Fsp3) is 0.333. The molecule has 2 N–H and O–H groups in total. The Hall–Kier alpha value is -3.42. The molecular formula is C30H37N3O3Si. The minimum atomic E-state index is -1.82. The molecule has 0 bridgehead atoms. The van der Waals surface area contributed by atoms with Gasteiger partial charge in [0.05, 0.1) is 23.2 Å². The Bertz CT molecular complexity index is 1460. The molecule has 0 amide bonds. The molecule has 4 aromatic rings. The summed E-state index contributed by atoms with van der Waals surface area (Å²) in [5.41, 5.74) is 10.6. The first-order valence-corrected chi connectivity index (χ1v) is 15.6. The predicted octanol–water partition coefficient (Wildman–Crippen LogP) is 6.65. The van der Waals surface area contributed by atoms with Gasteiger partial charge in [0.1, 0.15) is 18.2 Å². The van der Waals surface area contributed by atoms with Gasteiger partial charge in [0.25, 0.3) is 5.56 Å². The van der Waals surface area contributed by atoms with E-state index >= 15 is 0 Å². The van der Waals surface area contributed by atoms with Crippen LogP contribution in [0.5, 0.6) is 5.75 Å². The van der Waals surface area contributed by atoms with Gasteiger partial charge in [-0.05, 0) is 91.6 Å². The third-order valence-corrected chi connectivity index (χ3v) is 11.8. The molecular weight excluding hydrogens is 478 g/mol. The maximum absolute atomic E-state index is 13.6. The normalized spacial score (nSPS) is 12.2. The highest BCUT2D eigenvalue weighted by Crippen LogP contribution is 2.36. The van der Waals surface area contributed by atoms with E-state index < -0.39 is 8.32 Å². The summed E-state index contributed by atoms with van der Waals surface area (Å²) >= 11 is 0. The number of aromatic nitrogens is 2. The van der Waals surface area contributed by atoms with Crippen LogP contribution in [0.15, 0.2) is 65.5 Å². The second kappa shape index (κ2) is 10.1. The van der Waals surface area contributed by atoms with Gasteiger partial charge in [-0.15, -0.1) is 0 Å². The lowest BCUT2D eigenvalue weighted by atomic mass is 10.0. The number of nitrogens with two attached hydrogens (primary N) is 1. The number of rotatable bonds is 7. The number of ether oxygens (including phenoxy) is 1. The van der Waals surface area contributed by atoms with Crippen molar-refractivity contribution in [2.75, 3.05) is 18.9 Å². The van der Waals surface area contributed by atoms with Gasteiger partial charge in [-0.2, -0.15) is 0 Å². The number of hydrogen-bond donors (Lipinski definition) is 1. The smallest absolute Gasteiger partial charge is 0.266 e. The fourth-order valence-corrected chi connectivity index (χ4v) is 5.18.